The standard InChI is InChI=1S/C15H22BrN3O2/c1-3-6-17-14-13(9-11(16)10-18-14)15(20)19(2)12-4-7-21-8-5-12/h9-10,12H,3-8H2,1-2H3,(H,17,18). The van der Waals surface area contributed by atoms with Gasteiger partial charge >= 0.3 is 0 Å². The Morgan fingerprint density at radius 1 is 1.52 bits per heavy atom. The van der Waals surface area contributed by atoms with Crippen LogP contribution in [0.1, 0.15) is 36.5 Å². The van der Waals surface area contributed by atoms with Crippen LogP contribution in [0.3, 0.4) is 0 Å². The summed E-state index contributed by atoms with van der Waals surface area (Å²) in [5.41, 5.74) is 0.617. The average Bonchev–Trinajstić information content (AvgIpc) is 2.53. The zero-order valence-electron chi connectivity index (χ0n) is 12.6. The first-order chi connectivity index (χ1) is 10.1. The molecule has 1 aliphatic rings. The van der Waals surface area contributed by atoms with Crippen molar-refractivity contribution < 1.29 is 9.53 Å². The van der Waals surface area contributed by atoms with Gasteiger partial charge in [0, 0.05) is 43.5 Å². The number of pyridine rings is 1. The largest absolute Gasteiger partial charge is 0.381 e. The second-order valence-corrected chi connectivity index (χ2v) is 6.15. The molecule has 116 valence electrons. The van der Waals surface area contributed by atoms with Crippen LogP contribution in [-0.2, 0) is 4.74 Å². The van der Waals surface area contributed by atoms with Gasteiger partial charge in [-0.25, -0.2) is 4.98 Å². The van der Waals surface area contributed by atoms with Crippen molar-refractivity contribution in [3.63, 3.8) is 0 Å². The molecule has 1 amide bonds. The van der Waals surface area contributed by atoms with Gasteiger partial charge < -0.3 is 15.0 Å². The molecule has 0 unspecified atom stereocenters. The number of nitrogens with one attached hydrogen (secondary N) is 1. The third kappa shape index (κ3) is 4.17. The van der Waals surface area contributed by atoms with Crippen LogP contribution in [0.25, 0.3) is 0 Å². The van der Waals surface area contributed by atoms with Crippen molar-refractivity contribution in [2.45, 2.75) is 32.2 Å². The molecule has 1 aliphatic heterocycles. The maximum atomic E-state index is 12.8. The quantitative estimate of drug-likeness (QED) is 0.882. The SMILES string of the molecule is CCCNc1ncc(Br)cc1C(=O)N(C)C1CCOCC1. The van der Waals surface area contributed by atoms with Crippen molar-refractivity contribution in [1.82, 2.24) is 9.88 Å². The van der Waals surface area contributed by atoms with Crippen LogP contribution >= 0.6 is 15.9 Å². The van der Waals surface area contributed by atoms with Crippen molar-refractivity contribution in [1.29, 1.82) is 0 Å². The number of anilines is 1. The molecule has 0 radical (unpaired) electrons. The van der Waals surface area contributed by atoms with Crippen LogP contribution in [0.5, 0.6) is 0 Å². The number of hydrogen-bond donors (Lipinski definition) is 1. The number of nitrogens with zero attached hydrogens (tertiary/aromatic N) is 2. The molecule has 5 nitrogen and oxygen atoms in total. The van der Waals surface area contributed by atoms with Crippen molar-refractivity contribution in [2.24, 2.45) is 0 Å². The summed E-state index contributed by atoms with van der Waals surface area (Å²) in [7, 11) is 1.86. The van der Waals surface area contributed by atoms with E-state index in [1.165, 1.54) is 0 Å². The first kappa shape index (κ1) is 16.2. The van der Waals surface area contributed by atoms with E-state index in [0.717, 1.165) is 43.5 Å². The van der Waals surface area contributed by atoms with Gasteiger partial charge in [0.25, 0.3) is 5.91 Å². The molecule has 1 N–H and O–H groups in total. The summed E-state index contributed by atoms with van der Waals surface area (Å²) in [6.45, 7) is 4.33. The third-order valence-electron chi connectivity index (χ3n) is 3.69. The summed E-state index contributed by atoms with van der Waals surface area (Å²) in [6, 6.07) is 2.08. The first-order valence-electron chi connectivity index (χ1n) is 7.37. The van der Waals surface area contributed by atoms with Crippen molar-refractivity contribution in [2.75, 3.05) is 32.1 Å². The monoisotopic (exact) mass is 355 g/mol. The lowest BCUT2D eigenvalue weighted by Crippen LogP contribution is -2.41. The Kier molecular flexibility index (Phi) is 5.99. The Morgan fingerprint density at radius 2 is 2.24 bits per heavy atom. The van der Waals surface area contributed by atoms with E-state index in [1.54, 1.807) is 6.20 Å². The van der Waals surface area contributed by atoms with Gasteiger partial charge in [-0.15, -0.1) is 0 Å². The topological polar surface area (TPSA) is 54.5 Å². The smallest absolute Gasteiger partial charge is 0.257 e. The van der Waals surface area contributed by atoms with Gasteiger partial charge in [0.2, 0.25) is 0 Å². The maximum absolute atomic E-state index is 12.8. The zero-order chi connectivity index (χ0) is 15.2. The normalized spacial score (nSPS) is 15.8. The summed E-state index contributed by atoms with van der Waals surface area (Å²) in [5, 5.41) is 3.22. The molecule has 1 saturated heterocycles. The number of hydrogen-bond acceptors (Lipinski definition) is 4. The molecule has 0 atom stereocenters. The van der Waals surface area contributed by atoms with Gasteiger partial charge in [0.15, 0.2) is 0 Å². The fourth-order valence-corrected chi connectivity index (χ4v) is 2.75. The molecule has 2 heterocycles. The van der Waals surface area contributed by atoms with Crippen LogP contribution in [-0.4, -0.2) is 48.6 Å². The minimum Gasteiger partial charge on any atom is -0.381 e. The maximum Gasteiger partial charge on any atom is 0.257 e. The van der Waals surface area contributed by atoms with E-state index in [0.29, 0.717) is 11.4 Å². The summed E-state index contributed by atoms with van der Waals surface area (Å²) < 4.78 is 6.17. The number of rotatable bonds is 5. The van der Waals surface area contributed by atoms with Gasteiger partial charge in [-0.3, -0.25) is 4.79 Å². The predicted molar refractivity (Wildman–Crippen MR) is 86.7 cm³/mol. The van der Waals surface area contributed by atoms with Crippen molar-refractivity contribution in [3.8, 4) is 0 Å². The van der Waals surface area contributed by atoms with E-state index < -0.39 is 0 Å². The van der Waals surface area contributed by atoms with Crippen molar-refractivity contribution in [3.05, 3.63) is 22.3 Å². The Hall–Kier alpha value is -1.14. The highest BCUT2D eigenvalue weighted by molar-refractivity contribution is 9.10. The molecule has 1 aromatic rings. The molecule has 2 rings (SSSR count). The second kappa shape index (κ2) is 7.75. The van der Waals surface area contributed by atoms with E-state index >= 15 is 0 Å². The molecule has 1 fully saturated rings. The Morgan fingerprint density at radius 3 is 2.90 bits per heavy atom. The minimum atomic E-state index is 0.00861. The van der Waals surface area contributed by atoms with Gasteiger partial charge in [-0.1, -0.05) is 6.92 Å². The zero-order valence-corrected chi connectivity index (χ0v) is 14.1. The lowest BCUT2D eigenvalue weighted by molar-refractivity contribution is 0.0362. The highest BCUT2D eigenvalue weighted by Crippen LogP contribution is 2.22. The molecule has 1 aromatic heterocycles. The molecule has 0 aromatic carbocycles. The lowest BCUT2D eigenvalue weighted by Gasteiger charge is -2.31. The first-order valence-corrected chi connectivity index (χ1v) is 8.17. The number of ether oxygens (including phenoxy) is 1. The van der Waals surface area contributed by atoms with Crippen LogP contribution in [0.4, 0.5) is 5.82 Å². The van der Waals surface area contributed by atoms with E-state index in [4.69, 9.17) is 4.74 Å². The molecule has 21 heavy (non-hydrogen) atoms. The van der Waals surface area contributed by atoms with Gasteiger partial charge in [0.1, 0.15) is 5.82 Å². The third-order valence-corrected chi connectivity index (χ3v) is 4.12. The van der Waals surface area contributed by atoms with E-state index in [9.17, 15) is 4.79 Å². The van der Waals surface area contributed by atoms with Gasteiger partial charge in [-0.2, -0.15) is 0 Å². The number of amides is 1. The molecule has 0 saturated carbocycles. The fraction of sp³-hybridized carbons (Fsp3) is 0.600. The molecule has 0 spiro atoms. The molecule has 0 aliphatic carbocycles. The molecule has 6 heteroatoms. The lowest BCUT2D eigenvalue weighted by atomic mass is 10.1. The highest BCUT2D eigenvalue weighted by Gasteiger charge is 2.25. The number of halogens is 1. The molecular weight excluding hydrogens is 334 g/mol. The van der Waals surface area contributed by atoms with E-state index in [1.807, 2.05) is 18.0 Å². The summed E-state index contributed by atoms with van der Waals surface area (Å²) in [6.07, 6.45) is 4.48. The fourth-order valence-electron chi connectivity index (χ4n) is 2.41. The molecular formula is C15H22BrN3O2. The number of carbonyl (C=O) groups excluding carboxylic acids is 1. The van der Waals surface area contributed by atoms with E-state index in [2.05, 4.69) is 33.2 Å². The number of carbonyl (C=O) groups is 1. The Labute approximate surface area is 134 Å². The van der Waals surface area contributed by atoms with Crippen LogP contribution in [0, 0.1) is 0 Å². The second-order valence-electron chi connectivity index (χ2n) is 5.24. The van der Waals surface area contributed by atoms with E-state index in [-0.39, 0.29) is 11.9 Å². The Balaban J connectivity index is 2.18. The van der Waals surface area contributed by atoms with Gasteiger partial charge in [-0.05, 0) is 41.3 Å². The van der Waals surface area contributed by atoms with Crippen LogP contribution in [0.15, 0.2) is 16.7 Å². The Bertz CT molecular complexity index is 490. The summed E-state index contributed by atoms with van der Waals surface area (Å²) in [5.74, 6) is 0.665. The predicted octanol–water partition coefficient (Wildman–Crippen LogP) is 2.92. The van der Waals surface area contributed by atoms with Crippen LogP contribution < -0.4 is 5.32 Å². The van der Waals surface area contributed by atoms with Crippen molar-refractivity contribution >= 4 is 27.7 Å². The van der Waals surface area contributed by atoms with Crippen LogP contribution in [0.2, 0.25) is 0 Å². The highest BCUT2D eigenvalue weighted by atomic mass is 79.9. The summed E-state index contributed by atoms with van der Waals surface area (Å²) >= 11 is 3.40. The van der Waals surface area contributed by atoms with Gasteiger partial charge in [0.05, 0.1) is 5.56 Å². The molecule has 0 bridgehead atoms. The minimum absolute atomic E-state index is 0.00861. The number of aromatic nitrogens is 1. The average molecular weight is 356 g/mol. The summed E-state index contributed by atoms with van der Waals surface area (Å²) in [4.78, 5) is 18.9.